The molecule has 1 atom stereocenters. The van der Waals surface area contributed by atoms with Gasteiger partial charge >= 0.3 is 0 Å². The number of ether oxygens (including phenoxy) is 1. The molecule has 0 spiro atoms. The Hall–Kier alpha value is -3.16. The fourth-order valence-corrected chi connectivity index (χ4v) is 4.39. The summed E-state index contributed by atoms with van der Waals surface area (Å²) in [6, 6.07) is 22.3. The lowest BCUT2D eigenvalue weighted by atomic mass is 10.1. The van der Waals surface area contributed by atoms with Crippen LogP contribution in [-0.4, -0.2) is 27.0 Å². The average Bonchev–Trinajstić information content (AvgIpc) is 2.79. The second-order valence-corrected chi connectivity index (χ2v) is 9.19. The predicted octanol–water partition coefficient (Wildman–Crippen LogP) is 3.60. The average molecular weight is 453 g/mol. The van der Waals surface area contributed by atoms with Crippen LogP contribution in [0.25, 0.3) is 0 Å². The molecule has 1 amide bonds. The molecule has 0 aromatic heterocycles. The van der Waals surface area contributed by atoms with Crippen LogP contribution in [0.4, 0.5) is 0 Å². The van der Waals surface area contributed by atoms with Crippen molar-refractivity contribution in [2.24, 2.45) is 0 Å². The van der Waals surface area contributed by atoms with Crippen LogP contribution < -0.4 is 14.8 Å². The molecular weight excluding hydrogens is 424 g/mol. The predicted molar refractivity (Wildman–Crippen MR) is 125 cm³/mol. The van der Waals surface area contributed by atoms with Crippen LogP contribution in [0.5, 0.6) is 5.75 Å². The van der Waals surface area contributed by atoms with Crippen molar-refractivity contribution in [2.45, 2.75) is 37.8 Å². The number of carbonyl (C=O) groups is 1. The highest BCUT2D eigenvalue weighted by Gasteiger charge is 2.26. The fraction of sp³-hybridized carbons (Fsp3) is 0.240. The van der Waals surface area contributed by atoms with Gasteiger partial charge in [-0.3, -0.25) is 4.79 Å². The van der Waals surface area contributed by atoms with E-state index in [-0.39, 0.29) is 17.2 Å². The summed E-state index contributed by atoms with van der Waals surface area (Å²) in [5, 5.41) is 2.85. The summed E-state index contributed by atoms with van der Waals surface area (Å²) in [4.78, 5) is 13.1. The van der Waals surface area contributed by atoms with Gasteiger partial charge in [-0.2, -0.15) is 4.72 Å². The molecule has 168 valence electrons. The molecule has 0 unspecified atom stereocenters. The number of hydrogen-bond donors (Lipinski definition) is 2. The van der Waals surface area contributed by atoms with E-state index in [1.165, 1.54) is 12.1 Å². The minimum atomic E-state index is -3.91. The van der Waals surface area contributed by atoms with Gasteiger partial charge in [-0.15, -0.1) is 0 Å². The molecule has 0 heterocycles. The van der Waals surface area contributed by atoms with Gasteiger partial charge in [0.25, 0.3) is 0 Å². The molecule has 32 heavy (non-hydrogen) atoms. The lowest BCUT2D eigenvalue weighted by Crippen LogP contribution is -2.47. The molecule has 3 aromatic rings. The van der Waals surface area contributed by atoms with Gasteiger partial charge in [0.2, 0.25) is 15.9 Å². The van der Waals surface area contributed by atoms with Gasteiger partial charge in [-0.05, 0) is 55.7 Å². The van der Waals surface area contributed by atoms with E-state index in [1.807, 2.05) is 68.4 Å². The van der Waals surface area contributed by atoms with E-state index in [9.17, 15) is 13.2 Å². The summed E-state index contributed by atoms with van der Waals surface area (Å²) < 4.78 is 33.9. The van der Waals surface area contributed by atoms with E-state index >= 15 is 0 Å². The normalized spacial score (nSPS) is 12.2. The quantitative estimate of drug-likeness (QED) is 0.492. The van der Waals surface area contributed by atoms with Gasteiger partial charge < -0.3 is 10.1 Å². The SMILES string of the molecule is CCOc1ccc(S(=O)(=O)N[C@@H](Cc2ccccc2)C(=O)NCc2ccc(C)cc2)cc1. The van der Waals surface area contributed by atoms with Gasteiger partial charge in [0.05, 0.1) is 11.5 Å². The van der Waals surface area contributed by atoms with Crippen LogP contribution in [0, 0.1) is 6.92 Å². The molecule has 0 aliphatic heterocycles. The lowest BCUT2D eigenvalue weighted by Gasteiger charge is -2.19. The first-order valence-corrected chi connectivity index (χ1v) is 12.0. The Morgan fingerprint density at radius 1 is 0.906 bits per heavy atom. The molecule has 0 radical (unpaired) electrons. The topological polar surface area (TPSA) is 84.5 Å². The molecule has 3 rings (SSSR count). The highest BCUT2D eigenvalue weighted by Crippen LogP contribution is 2.17. The summed E-state index contributed by atoms with van der Waals surface area (Å²) in [6.07, 6.45) is 0.233. The molecule has 0 aliphatic rings. The number of amides is 1. The monoisotopic (exact) mass is 452 g/mol. The van der Waals surface area contributed by atoms with Gasteiger partial charge in [0, 0.05) is 6.54 Å². The van der Waals surface area contributed by atoms with E-state index in [1.54, 1.807) is 12.1 Å². The van der Waals surface area contributed by atoms with E-state index in [4.69, 9.17) is 4.74 Å². The first kappa shape index (κ1) is 23.5. The minimum Gasteiger partial charge on any atom is -0.494 e. The van der Waals surface area contributed by atoms with Crippen molar-refractivity contribution < 1.29 is 17.9 Å². The lowest BCUT2D eigenvalue weighted by molar-refractivity contribution is -0.122. The Morgan fingerprint density at radius 2 is 1.56 bits per heavy atom. The van der Waals surface area contributed by atoms with Crippen molar-refractivity contribution in [3.05, 3.63) is 95.6 Å². The Balaban J connectivity index is 1.76. The fourth-order valence-electron chi connectivity index (χ4n) is 3.19. The van der Waals surface area contributed by atoms with Crippen molar-refractivity contribution in [1.82, 2.24) is 10.0 Å². The Morgan fingerprint density at radius 3 is 2.19 bits per heavy atom. The van der Waals surface area contributed by atoms with Gasteiger partial charge in [0.15, 0.2) is 0 Å². The van der Waals surface area contributed by atoms with Crippen molar-refractivity contribution in [3.8, 4) is 5.75 Å². The van der Waals surface area contributed by atoms with Gasteiger partial charge in [0.1, 0.15) is 11.8 Å². The van der Waals surface area contributed by atoms with Crippen LogP contribution in [-0.2, 0) is 27.8 Å². The Kier molecular flexibility index (Phi) is 8.03. The number of sulfonamides is 1. The number of aryl methyl sites for hydroxylation is 1. The van der Waals surface area contributed by atoms with Crippen LogP contribution in [0.15, 0.2) is 83.8 Å². The summed E-state index contributed by atoms with van der Waals surface area (Å²) in [5.74, 6) is 0.201. The third kappa shape index (κ3) is 6.67. The molecule has 0 fully saturated rings. The van der Waals surface area contributed by atoms with Crippen molar-refractivity contribution in [3.63, 3.8) is 0 Å². The van der Waals surface area contributed by atoms with Gasteiger partial charge in [-0.1, -0.05) is 60.2 Å². The van der Waals surface area contributed by atoms with E-state index in [0.29, 0.717) is 18.9 Å². The molecule has 6 nitrogen and oxygen atoms in total. The first-order chi connectivity index (χ1) is 15.4. The molecule has 0 aliphatic carbocycles. The van der Waals surface area contributed by atoms with Crippen LogP contribution in [0.2, 0.25) is 0 Å². The van der Waals surface area contributed by atoms with E-state index < -0.39 is 16.1 Å². The second-order valence-electron chi connectivity index (χ2n) is 7.47. The Labute approximate surface area is 189 Å². The number of nitrogens with one attached hydrogen (secondary N) is 2. The van der Waals surface area contributed by atoms with E-state index in [0.717, 1.165) is 16.7 Å². The first-order valence-electron chi connectivity index (χ1n) is 10.5. The summed E-state index contributed by atoms with van der Waals surface area (Å²) in [6.45, 7) is 4.66. The third-order valence-electron chi connectivity index (χ3n) is 4.93. The molecule has 0 saturated carbocycles. The number of carbonyl (C=O) groups excluding carboxylic acids is 1. The zero-order valence-corrected chi connectivity index (χ0v) is 19.1. The Bertz CT molecular complexity index is 1110. The third-order valence-corrected chi connectivity index (χ3v) is 6.42. The zero-order valence-electron chi connectivity index (χ0n) is 18.2. The van der Waals surface area contributed by atoms with Gasteiger partial charge in [-0.25, -0.2) is 8.42 Å². The van der Waals surface area contributed by atoms with Crippen molar-refractivity contribution in [2.75, 3.05) is 6.61 Å². The maximum absolute atomic E-state index is 13.0. The largest absolute Gasteiger partial charge is 0.494 e. The number of rotatable bonds is 10. The summed E-state index contributed by atoms with van der Waals surface area (Å²) >= 11 is 0. The highest BCUT2D eigenvalue weighted by atomic mass is 32.2. The van der Waals surface area contributed by atoms with E-state index in [2.05, 4.69) is 10.0 Å². The standard InChI is InChI=1S/C25H28N2O4S/c1-3-31-22-13-15-23(16-14-22)32(29,30)27-24(17-20-7-5-4-6-8-20)25(28)26-18-21-11-9-19(2)10-12-21/h4-16,24,27H,3,17-18H2,1-2H3,(H,26,28)/t24-/m0/s1. The van der Waals surface area contributed by atoms with Crippen LogP contribution in [0.1, 0.15) is 23.6 Å². The maximum atomic E-state index is 13.0. The minimum absolute atomic E-state index is 0.0744. The maximum Gasteiger partial charge on any atom is 0.241 e. The number of hydrogen-bond acceptors (Lipinski definition) is 4. The second kappa shape index (κ2) is 10.9. The smallest absolute Gasteiger partial charge is 0.241 e. The molecule has 3 aromatic carbocycles. The van der Waals surface area contributed by atoms with Crippen LogP contribution in [0.3, 0.4) is 0 Å². The molecule has 0 bridgehead atoms. The number of benzene rings is 3. The highest BCUT2D eigenvalue weighted by molar-refractivity contribution is 7.89. The summed E-state index contributed by atoms with van der Waals surface area (Å²) in [7, 11) is -3.91. The molecule has 2 N–H and O–H groups in total. The van der Waals surface area contributed by atoms with Crippen molar-refractivity contribution in [1.29, 1.82) is 0 Å². The summed E-state index contributed by atoms with van der Waals surface area (Å²) in [5.41, 5.74) is 2.93. The zero-order chi connectivity index (χ0) is 23.0. The van der Waals surface area contributed by atoms with Crippen LogP contribution >= 0.6 is 0 Å². The van der Waals surface area contributed by atoms with Crippen molar-refractivity contribution >= 4 is 15.9 Å². The molecule has 0 saturated heterocycles. The molecular formula is C25H28N2O4S. The molecule has 7 heteroatoms.